The molecule has 0 aromatic heterocycles. The van der Waals surface area contributed by atoms with Crippen LogP contribution in [0.4, 0.5) is 0 Å². The van der Waals surface area contributed by atoms with Crippen LogP contribution < -0.4 is 15.4 Å². The van der Waals surface area contributed by atoms with Crippen molar-refractivity contribution in [2.45, 2.75) is 18.1 Å². The van der Waals surface area contributed by atoms with Crippen LogP contribution >= 0.6 is 11.8 Å². The third kappa shape index (κ3) is 7.07. The summed E-state index contributed by atoms with van der Waals surface area (Å²) in [6, 6.07) is 0. The predicted octanol–water partition coefficient (Wildman–Crippen LogP) is -0.404. The highest BCUT2D eigenvalue weighted by molar-refractivity contribution is 8.00. The fourth-order valence-electron chi connectivity index (χ4n) is 1.65. The molecule has 3 N–H and O–H groups in total. The monoisotopic (exact) mass is 294 g/mol. The van der Waals surface area contributed by atoms with Crippen LogP contribution in [0.15, 0.2) is 4.99 Å². The van der Waals surface area contributed by atoms with Crippen LogP contribution in [0, 0.1) is 0 Å². The van der Waals surface area contributed by atoms with Gasteiger partial charge in [-0.3, -0.25) is 4.99 Å². The highest BCUT2D eigenvalue weighted by atomic mass is 32.2. The first-order chi connectivity index (χ1) is 8.51. The highest BCUT2D eigenvalue weighted by Crippen LogP contribution is 2.25. The van der Waals surface area contributed by atoms with Crippen LogP contribution in [-0.4, -0.2) is 58.3 Å². The third-order valence-electron chi connectivity index (χ3n) is 2.53. The zero-order valence-corrected chi connectivity index (χ0v) is 12.5. The summed E-state index contributed by atoms with van der Waals surface area (Å²) < 4.78 is 24.1. The summed E-state index contributed by atoms with van der Waals surface area (Å²) in [6.07, 6.45) is 3.70. The molecule has 1 aliphatic heterocycles. The number of sulfonamides is 1. The molecule has 0 aromatic rings. The fourth-order valence-corrected chi connectivity index (χ4v) is 3.33. The van der Waals surface area contributed by atoms with Gasteiger partial charge in [0.1, 0.15) is 0 Å². The van der Waals surface area contributed by atoms with E-state index in [2.05, 4.69) is 20.3 Å². The van der Waals surface area contributed by atoms with Crippen LogP contribution in [0.2, 0.25) is 0 Å². The first-order valence-corrected chi connectivity index (χ1v) is 8.96. The van der Waals surface area contributed by atoms with Crippen LogP contribution in [0.25, 0.3) is 0 Å². The van der Waals surface area contributed by atoms with E-state index in [0.717, 1.165) is 18.8 Å². The molecule has 1 rings (SSSR count). The maximum absolute atomic E-state index is 10.9. The molecule has 0 aliphatic carbocycles. The minimum Gasteiger partial charge on any atom is -0.355 e. The summed E-state index contributed by atoms with van der Waals surface area (Å²) in [6.45, 7) is 1.78. The SMILES string of the molecule is CN=C(NCCNS(C)(=O)=O)NCC1CCCS1. The summed E-state index contributed by atoms with van der Waals surface area (Å²) in [7, 11) is -1.40. The summed E-state index contributed by atoms with van der Waals surface area (Å²) in [4.78, 5) is 4.09. The Kier molecular flexibility index (Phi) is 6.80. The summed E-state index contributed by atoms with van der Waals surface area (Å²) in [5.41, 5.74) is 0. The van der Waals surface area contributed by atoms with Crippen molar-refractivity contribution in [3.63, 3.8) is 0 Å². The van der Waals surface area contributed by atoms with E-state index in [1.54, 1.807) is 7.05 Å². The highest BCUT2D eigenvalue weighted by Gasteiger charge is 2.15. The molecule has 6 nitrogen and oxygen atoms in total. The smallest absolute Gasteiger partial charge is 0.208 e. The van der Waals surface area contributed by atoms with Gasteiger partial charge >= 0.3 is 0 Å². The van der Waals surface area contributed by atoms with Gasteiger partial charge in [0.15, 0.2) is 5.96 Å². The minimum atomic E-state index is -3.11. The molecule has 18 heavy (non-hydrogen) atoms. The molecule has 0 bridgehead atoms. The normalized spacial score (nSPS) is 21.0. The second-order valence-corrected chi connectivity index (χ2v) is 7.42. The molecule has 1 fully saturated rings. The molecule has 0 spiro atoms. The number of hydrogen-bond acceptors (Lipinski definition) is 4. The Labute approximate surface area is 113 Å². The molecular weight excluding hydrogens is 272 g/mol. The Morgan fingerprint density at radius 1 is 1.39 bits per heavy atom. The lowest BCUT2D eigenvalue weighted by atomic mass is 10.2. The van der Waals surface area contributed by atoms with Gasteiger partial charge < -0.3 is 10.6 Å². The lowest BCUT2D eigenvalue weighted by molar-refractivity contribution is 0.586. The van der Waals surface area contributed by atoms with Crippen molar-refractivity contribution in [3.05, 3.63) is 0 Å². The first kappa shape index (κ1) is 15.6. The number of nitrogens with one attached hydrogen (secondary N) is 3. The zero-order valence-electron chi connectivity index (χ0n) is 10.9. The predicted molar refractivity (Wildman–Crippen MR) is 77.7 cm³/mol. The standard InChI is InChI=1S/C10H22N4O2S2/c1-11-10(12-5-6-14-18(2,15)16)13-8-9-4-3-7-17-9/h9,14H,3-8H2,1-2H3,(H2,11,12,13). The minimum absolute atomic E-state index is 0.359. The van der Waals surface area contributed by atoms with Gasteiger partial charge in [-0.05, 0) is 18.6 Å². The van der Waals surface area contributed by atoms with Crippen LogP contribution in [-0.2, 0) is 10.0 Å². The average Bonchev–Trinajstić information content (AvgIpc) is 2.79. The van der Waals surface area contributed by atoms with Gasteiger partial charge in [-0.2, -0.15) is 11.8 Å². The Morgan fingerprint density at radius 2 is 2.17 bits per heavy atom. The number of rotatable bonds is 6. The maximum atomic E-state index is 10.9. The van der Waals surface area contributed by atoms with Gasteiger partial charge in [0, 0.05) is 31.9 Å². The second-order valence-electron chi connectivity index (χ2n) is 4.18. The molecule has 106 valence electrons. The van der Waals surface area contributed by atoms with Gasteiger partial charge in [0.2, 0.25) is 10.0 Å². The second kappa shape index (κ2) is 7.85. The third-order valence-corrected chi connectivity index (χ3v) is 4.65. The fraction of sp³-hybridized carbons (Fsp3) is 0.900. The van der Waals surface area contributed by atoms with Crippen molar-refractivity contribution in [2.24, 2.45) is 4.99 Å². The summed E-state index contributed by atoms with van der Waals surface area (Å²) >= 11 is 1.99. The lowest BCUT2D eigenvalue weighted by Gasteiger charge is -2.14. The van der Waals surface area contributed by atoms with E-state index in [1.165, 1.54) is 18.6 Å². The molecule has 1 saturated heterocycles. The van der Waals surface area contributed by atoms with Crippen molar-refractivity contribution >= 4 is 27.7 Å². The van der Waals surface area contributed by atoms with E-state index in [-0.39, 0.29) is 0 Å². The summed E-state index contributed by atoms with van der Waals surface area (Å²) in [5.74, 6) is 1.97. The van der Waals surface area contributed by atoms with Crippen molar-refractivity contribution in [3.8, 4) is 0 Å². The van der Waals surface area contributed by atoms with Gasteiger partial charge in [0.25, 0.3) is 0 Å². The van der Waals surface area contributed by atoms with Crippen LogP contribution in [0.3, 0.4) is 0 Å². The van der Waals surface area contributed by atoms with E-state index in [1.807, 2.05) is 11.8 Å². The molecule has 1 aliphatic rings. The van der Waals surface area contributed by atoms with Gasteiger partial charge in [-0.15, -0.1) is 0 Å². The van der Waals surface area contributed by atoms with E-state index in [0.29, 0.717) is 18.3 Å². The van der Waals surface area contributed by atoms with Gasteiger partial charge in [0.05, 0.1) is 6.26 Å². The number of aliphatic imine (C=N–C) groups is 1. The number of guanidine groups is 1. The molecule has 1 unspecified atom stereocenters. The summed E-state index contributed by atoms with van der Waals surface area (Å²) in [5, 5.41) is 6.98. The van der Waals surface area contributed by atoms with E-state index in [9.17, 15) is 8.42 Å². The Balaban J connectivity index is 2.13. The molecule has 0 aromatic carbocycles. The molecule has 0 radical (unpaired) electrons. The molecule has 8 heteroatoms. The molecule has 0 saturated carbocycles. The zero-order chi connectivity index (χ0) is 13.4. The molecular formula is C10H22N4O2S2. The number of hydrogen-bond donors (Lipinski definition) is 3. The van der Waals surface area contributed by atoms with Crippen molar-refractivity contribution in [1.29, 1.82) is 0 Å². The van der Waals surface area contributed by atoms with E-state index < -0.39 is 10.0 Å². The lowest BCUT2D eigenvalue weighted by Crippen LogP contribution is -2.43. The topological polar surface area (TPSA) is 82.6 Å². The van der Waals surface area contributed by atoms with Crippen molar-refractivity contribution in [2.75, 3.05) is 38.7 Å². The van der Waals surface area contributed by atoms with Crippen LogP contribution in [0.5, 0.6) is 0 Å². The maximum Gasteiger partial charge on any atom is 0.208 e. The van der Waals surface area contributed by atoms with Crippen molar-refractivity contribution in [1.82, 2.24) is 15.4 Å². The van der Waals surface area contributed by atoms with E-state index in [4.69, 9.17) is 0 Å². The quantitative estimate of drug-likeness (QED) is 0.353. The molecule has 0 amide bonds. The number of nitrogens with zero attached hydrogens (tertiary/aromatic N) is 1. The molecule has 1 atom stereocenters. The van der Waals surface area contributed by atoms with Gasteiger partial charge in [-0.25, -0.2) is 13.1 Å². The first-order valence-electron chi connectivity index (χ1n) is 6.02. The Morgan fingerprint density at radius 3 is 2.72 bits per heavy atom. The Hall–Kier alpha value is -0.470. The van der Waals surface area contributed by atoms with Crippen LogP contribution in [0.1, 0.15) is 12.8 Å². The number of thioether (sulfide) groups is 1. The Bertz CT molecular complexity index is 364. The van der Waals surface area contributed by atoms with E-state index >= 15 is 0 Å². The van der Waals surface area contributed by atoms with Crippen molar-refractivity contribution < 1.29 is 8.42 Å². The largest absolute Gasteiger partial charge is 0.355 e. The average molecular weight is 294 g/mol. The van der Waals surface area contributed by atoms with Gasteiger partial charge in [-0.1, -0.05) is 0 Å². The molecule has 1 heterocycles.